The third-order valence-corrected chi connectivity index (χ3v) is 4.75. The Balaban J connectivity index is 2.55. The van der Waals surface area contributed by atoms with Crippen molar-refractivity contribution in [1.29, 1.82) is 0 Å². The molecule has 1 aliphatic rings. The second-order valence-electron chi connectivity index (χ2n) is 3.55. The van der Waals surface area contributed by atoms with Gasteiger partial charge in [0.05, 0.1) is 18.9 Å². The smallest absolute Gasteiger partial charge is 0.308 e. The van der Waals surface area contributed by atoms with E-state index in [-0.39, 0.29) is 5.66 Å². The van der Waals surface area contributed by atoms with Crippen molar-refractivity contribution in [3.8, 4) is 0 Å². The van der Waals surface area contributed by atoms with Crippen LogP contribution >= 0.6 is 7.60 Å². The molecule has 4 heteroatoms. The first-order valence-corrected chi connectivity index (χ1v) is 6.69. The van der Waals surface area contributed by atoms with Crippen molar-refractivity contribution in [1.82, 2.24) is 0 Å². The monoisotopic (exact) mass is 206 g/mol. The van der Waals surface area contributed by atoms with Crippen molar-refractivity contribution in [3.63, 3.8) is 0 Å². The van der Waals surface area contributed by atoms with Gasteiger partial charge in [0.1, 0.15) is 0 Å². The molecule has 0 spiro atoms. The van der Waals surface area contributed by atoms with E-state index in [0.29, 0.717) is 13.2 Å². The van der Waals surface area contributed by atoms with Crippen molar-refractivity contribution >= 4 is 7.60 Å². The van der Waals surface area contributed by atoms with Crippen LogP contribution in [0.4, 0.5) is 0 Å². The fourth-order valence-corrected chi connectivity index (χ4v) is 3.38. The van der Waals surface area contributed by atoms with Gasteiger partial charge in [-0.1, -0.05) is 20.3 Å². The van der Waals surface area contributed by atoms with Gasteiger partial charge in [-0.3, -0.25) is 4.57 Å². The Labute approximate surface area is 80.3 Å². The van der Waals surface area contributed by atoms with E-state index in [1.165, 1.54) is 0 Å². The van der Waals surface area contributed by atoms with Crippen molar-refractivity contribution in [2.75, 3.05) is 13.2 Å². The second-order valence-corrected chi connectivity index (χ2v) is 6.03. The average molecular weight is 206 g/mol. The van der Waals surface area contributed by atoms with Crippen LogP contribution in [0.3, 0.4) is 0 Å². The van der Waals surface area contributed by atoms with E-state index in [2.05, 4.69) is 6.92 Å². The molecule has 0 saturated carbocycles. The lowest BCUT2D eigenvalue weighted by molar-refractivity contribution is 0.230. The van der Waals surface area contributed by atoms with Crippen LogP contribution in [0.15, 0.2) is 0 Å². The normalized spacial score (nSPS) is 25.1. The summed E-state index contributed by atoms with van der Waals surface area (Å²) >= 11 is 0. The highest BCUT2D eigenvalue weighted by atomic mass is 31.2. The summed E-state index contributed by atoms with van der Waals surface area (Å²) in [6, 6.07) is 0. The van der Waals surface area contributed by atoms with Gasteiger partial charge in [-0.2, -0.15) is 0 Å². The summed E-state index contributed by atoms with van der Waals surface area (Å²) in [5.41, 5.74) is 0.0515. The molecule has 1 saturated heterocycles. The summed E-state index contributed by atoms with van der Waals surface area (Å²) in [7, 11) is -2.76. The van der Waals surface area contributed by atoms with Crippen LogP contribution in [0.5, 0.6) is 0 Å². The lowest BCUT2D eigenvalue weighted by Gasteiger charge is -2.21. The van der Waals surface area contributed by atoms with Gasteiger partial charge in [0.15, 0.2) is 0 Å². The molecule has 0 aromatic carbocycles. The molecule has 1 fully saturated rings. The molecule has 13 heavy (non-hydrogen) atoms. The van der Waals surface area contributed by atoms with Crippen molar-refractivity contribution in [2.45, 2.75) is 45.2 Å². The Morgan fingerprint density at radius 1 is 1.31 bits per heavy atom. The zero-order valence-electron chi connectivity index (χ0n) is 8.49. The van der Waals surface area contributed by atoms with Crippen LogP contribution in [0.25, 0.3) is 0 Å². The maximum atomic E-state index is 12.1. The fraction of sp³-hybridized carbons (Fsp3) is 1.00. The molecule has 0 radical (unpaired) electrons. The quantitative estimate of drug-likeness (QED) is 0.665. The summed E-state index contributed by atoms with van der Waals surface area (Å²) in [6.45, 7) is 5.22. The number of hydrogen-bond acceptors (Lipinski definition) is 3. The molecule has 0 bridgehead atoms. The van der Waals surface area contributed by atoms with Crippen LogP contribution in [-0.4, -0.2) is 18.9 Å². The van der Waals surface area contributed by atoms with Gasteiger partial charge in [0.2, 0.25) is 0 Å². The Bertz CT molecular complexity index is 181. The summed E-state index contributed by atoms with van der Waals surface area (Å²) in [4.78, 5) is 0. The third kappa shape index (κ3) is 3.08. The molecule has 0 amide bonds. The van der Waals surface area contributed by atoms with Gasteiger partial charge in [0, 0.05) is 0 Å². The Kier molecular flexibility index (Phi) is 4.43. The van der Waals surface area contributed by atoms with E-state index >= 15 is 0 Å². The van der Waals surface area contributed by atoms with Crippen LogP contribution < -0.4 is 0 Å². The third-order valence-electron chi connectivity index (χ3n) is 2.33. The number of rotatable bonds is 3. The standard InChI is InChI=1S/C9H19O3P/c1-3-6-9(2)13(10)11-7-4-5-8-12-13/h9H,3-8H2,1-2H3. The molecular formula is C9H19O3P. The number of hydrogen-bond donors (Lipinski definition) is 0. The highest BCUT2D eigenvalue weighted by Crippen LogP contribution is 2.55. The first-order chi connectivity index (χ1) is 6.19. The van der Waals surface area contributed by atoms with Gasteiger partial charge in [-0.25, -0.2) is 0 Å². The summed E-state index contributed by atoms with van der Waals surface area (Å²) in [5.74, 6) is 0. The van der Waals surface area contributed by atoms with Crippen molar-refractivity contribution < 1.29 is 13.6 Å². The summed E-state index contributed by atoms with van der Waals surface area (Å²) < 4.78 is 22.8. The van der Waals surface area contributed by atoms with Crippen LogP contribution in [0.1, 0.15) is 39.5 Å². The van der Waals surface area contributed by atoms with Crippen LogP contribution in [-0.2, 0) is 13.6 Å². The molecule has 1 unspecified atom stereocenters. The minimum absolute atomic E-state index is 0.0515. The molecule has 0 aliphatic carbocycles. The largest absolute Gasteiger partial charge is 0.333 e. The molecular weight excluding hydrogens is 187 g/mol. The van der Waals surface area contributed by atoms with Gasteiger partial charge >= 0.3 is 7.60 Å². The molecule has 0 N–H and O–H groups in total. The molecule has 3 nitrogen and oxygen atoms in total. The lowest BCUT2D eigenvalue weighted by atomic mass is 10.3. The fourth-order valence-electron chi connectivity index (χ4n) is 1.46. The Morgan fingerprint density at radius 3 is 2.31 bits per heavy atom. The minimum Gasteiger partial charge on any atom is -0.308 e. The zero-order valence-corrected chi connectivity index (χ0v) is 9.39. The van der Waals surface area contributed by atoms with E-state index in [1.54, 1.807) is 0 Å². The average Bonchev–Trinajstić information content (AvgIpc) is 2.32. The molecule has 1 rings (SSSR count). The van der Waals surface area contributed by atoms with Gasteiger partial charge in [-0.15, -0.1) is 0 Å². The van der Waals surface area contributed by atoms with Crippen molar-refractivity contribution in [2.24, 2.45) is 0 Å². The molecule has 1 aliphatic heterocycles. The van der Waals surface area contributed by atoms with Gasteiger partial charge < -0.3 is 9.05 Å². The zero-order chi connectivity index (χ0) is 9.73. The molecule has 1 atom stereocenters. The lowest BCUT2D eigenvalue weighted by Crippen LogP contribution is -2.08. The van der Waals surface area contributed by atoms with E-state index in [0.717, 1.165) is 25.7 Å². The van der Waals surface area contributed by atoms with E-state index < -0.39 is 7.60 Å². The Morgan fingerprint density at radius 2 is 1.85 bits per heavy atom. The van der Waals surface area contributed by atoms with Crippen LogP contribution in [0, 0.1) is 0 Å². The maximum absolute atomic E-state index is 12.1. The molecule has 78 valence electrons. The van der Waals surface area contributed by atoms with E-state index in [4.69, 9.17) is 9.05 Å². The van der Waals surface area contributed by atoms with Crippen molar-refractivity contribution in [3.05, 3.63) is 0 Å². The topological polar surface area (TPSA) is 35.5 Å². The van der Waals surface area contributed by atoms with E-state index in [9.17, 15) is 4.57 Å². The molecule has 0 aromatic heterocycles. The predicted molar refractivity (Wildman–Crippen MR) is 53.1 cm³/mol. The van der Waals surface area contributed by atoms with E-state index in [1.807, 2.05) is 6.92 Å². The Hall–Kier alpha value is 0.150. The van der Waals surface area contributed by atoms with Gasteiger partial charge in [0.25, 0.3) is 0 Å². The SMILES string of the molecule is CCCC(C)P1(=O)OCCCCO1. The maximum Gasteiger partial charge on any atom is 0.333 e. The first-order valence-electron chi connectivity index (χ1n) is 5.08. The van der Waals surface area contributed by atoms with Gasteiger partial charge in [-0.05, 0) is 19.3 Å². The highest BCUT2D eigenvalue weighted by molar-refractivity contribution is 7.54. The summed E-state index contributed by atoms with van der Waals surface area (Å²) in [6.07, 6.45) is 3.86. The highest BCUT2D eigenvalue weighted by Gasteiger charge is 2.32. The first kappa shape index (κ1) is 11.2. The minimum atomic E-state index is -2.76. The predicted octanol–water partition coefficient (Wildman–Crippen LogP) is 3.20. The summed E-state index contributed by atoms with van der Waals surface area (Å²) in [5, 5.41) is 0. The van der Waals surface area contributed by atoms with Crippen LogP contribution in [0.2, 0.25) is 0 Å². The molecule has 1 heterocycles. The second kappa shape index (κ2) is 5.14. The molecule has 0 aromatic rings.